The van der Waals surface area contributed by atoms with E-state index in [1.165, 1.54) is 17.1 Å². The lowest BCUT2D eigenvalue weighted by Gasteiger charge is -2.15. The molecule has 4 atom stereocenters. The molecule has 1 fully saturated rings. The van der Waals surface area contributed by atoms with E-state index in [-0.39, 0.29) is 5.69 Å². The number of aliphatic hydroxyl groups excluding tert-OH is 3. The highest BCUT2D eigenvalue weighted by Crippen LogP contribution is 2.29. The van der Waals surface area contributed by atoms with Gasteiger partial charge in [0, 0.05) is 6.20 Å². The van der Waals surface area contributed by atoms with E-state index in [1.54, 1.807) is 0 Å². The van der Waals surface area contributed by atoms with Crippen molar-refractivity contribution in [2.45, 2.75) is 24.5 Å². The van der Waals surface area contributed by atoms with Crippen LogP contribution in [0.3, 0.4) is 0 Å². The third-order valence-corrected chi connectivity index (χ3v) is 2.66. The molecule has 1 unspecified atom stereocenters. The van der Waals surface area contributed by atoms with Gasteiger partial charge in [-0.05, 0) is 0 Å². The van der Waals surface area contributed by atoms with E-state index in [2.05, 4.69) is 4.98 Å². The van der Waals surface area contributed by atoms with Crippen molar-refractivity contribution >= 4 is 5.91 Å². The number of rotatable bonds is 3. The SMILES string of the molecule is NC(=O)c1cn(C2O[C@H](CO)[C@@H](O)[C@H]2O)cn1. The van der Waals surface area contributed by atoms with Crippen LogP contribution in [0.15, 0.2) is 12.5 Å². The number of hydrogen-bond acceptors (Lipinski definition) is 6. The summed E-state index contributed by atoms with van der Waals surface area (Å²) >= 11 is 0. The molecule has 8 heteroatoms. The van der Waals surface area contributed by atoms with E-state index in [0.29, 0.717) is 0 Å². The Hall–Kier alpha value is -1.48. The second kappa shape index (κ2) is 4.41. The first-order chi connectivity index (χ1) is 8.04. The fraction of sp³-hybridized carbons (Fsp3) is 0.556. The first-order valence-electron chi connectivity index (χ1n) is 5.00. The third kappa shape index (κ3) is 2.03. The fourth-order valence-corrected chi connectivity index (χ4v) is 1.73. The Kier molecular flexibility index (Phi) is 3.11. The second-order valence-corrected chi connectivity index (χ2v) is 3.80. The average molecular weight is 243 g/mol. The Balaban J connectivity index is 2.19. The van der Waals surface area contributed by atoms with E-state index in [9.17, 15) is 15.0 Å². The maximum Gasteiger partial charge on any atom is 0.268 e. The molecular formula is C9H13N3O5. The van der Waals surface area contributed by atoms with Crippen LogP contribution in [0.25, 0.3) is 0 Å². The molecule has 0 spiro atoms. The Bertz CT molecular complexity index is 421. The highest BCUT2D eigenvalue weighted by molar-refractivity contribution is 5.90. The molecule has 1 saturated heterocycles. The topological polar surface area (TPSA) is 131 Å². The first kappa shape index (κ1) is 12.0. The number of hydrogen-bond donors (Lipinski definition) is 4. The van der Waals surface area contributed by atoms with E-state index in [1.807, 2.05) is 0 Å². The highest BCUT2D eigenvalue weighted by atomic mass is 16.6. The monoisotopic (exact) mass is 243 g/mol. The largest absolute Gasteiger partial charge is 0.394 e. The predicted molar refractivity (Wildman–Crippen MR) is 53.8 cm³/mol. The number of amides is 1. The van der Waals surface area contributed by atoms with Crippen LogP contribution < -0.4 is 5.73 Å². The molecule has 8 nitrogen and oxygen atoms in total. The number of nitrogens with two attached hydrogens (primary N) is 1. The zero-order valence-electron chi connectivity index (χ0n) is 8.80. The molecule has 0 aromatic carbocycles. The predicted octanol–water partition coefficient (Wildman–Crippen LogP) is -2.41. The number of imidazole rings is 1. The van der Waals surface area contributed by atoms with Crippen molar-refractivity contribution in [3.05, 3.63) is 18.2 Å². The van der Waals surface area contributed by atoms with Gasteiger partial charge >= 0.3 is 0 Å². The van der Waals surface area contributed by atoms with Gasteiger partial charge in [-0.2, -0.15) is 0 Å². The van der Waals surface area contributed by atoms with Gasteiger partial charge in [0.05, 0.1) is 12.9 Å². The van der Waals surface area contributed by atoms with Gasteiger partial charge in [-0.25, -0.2) is 4.98 Å². The number of primary amides is 1. The number of aromatic nitrogens is 2. The minimum atomic E-state index is -1.21. The van der Waals surface area contributed by atoms with Gasteiger partial charge in [-0.15, -0.1) is 0 Å². The molecule has 0 saturated carbocycles. The van der Waals surface area contributed by atoms with E-state index in [4.69, 9.17) is 15.6 Å². The number of nitrogens with zero attached hydrogens (tertiary/aromatic N) is 2. The van der Waals surface area contributed by atoms with Crippen LogP contribution in [0, 0.1) is 0 Å². The van der Waals surface area contributed by atoms with Crippen molar-refractivity contribution in [1.29, 1.82) is 0 Å². The molecule has 1 aromatic rings. The lowest BCUT2D eigenvalue weighted by molar-refractivity contribution is -0.0528. The van der Waals surface area contributed by atoms with Crippen molar-refractivity contribution in [1.82, 2.24) is 9.55 Å². The molecule has 2 heterocycles. The minimum Gasteiger partial charge on any atom is -0.394 e. The number of aliphatic hydroxyl groups is 3. The van der Waals surface area contributed by atoms with Gasteiger partial charge in [0.2, 0.25) is 0 Å². The van der Waals surface area contributed by atoms with Crippen LogP contribution in [0.5, 0.6) is 0 Å². The van der Waals surface area contributed by atoms with Crippen LogP contribution in [0.2, 0.25) is 0 Å². The smallest absolute Gasteiger partial charge is 0.268 e. The van der Waals surface area contributed by atoms with Gasteiger partial charge in [-0.1, -0.05) is 0 Å². The van der Waals surface area contributed by atoms with Crippen LogP contribution >= 0.6 is 0 Å². The molecule has 1 aliphatic heterocycles. The summed E-state index contributed by atoms with van der Waals surface area (Å²) in [6.07, 6.45) is -1.59. The summed E-state index contributed by atoms with van der Waals surface area (Å²) in [5, 5.41) is 28.2. The van der Waals surface area contributed by atoms with Crippen LogP contribution in [0.1, 0.15) is 16.7 Å². The summed E-state index contributed by atoms with van der Waals surface area (Å²) < 4.78 is 6.56. The van der Waals surface area contributed by atoms with Gasteiger partial charge in [0.1, 0.15) is 24.0 Å². The lowest BCUT2D eigenvalue weighted by atomic mass is 10.1. The van der Waals surface area contributed by atoms with E-state index in [0.717, 1.165) is 0 Å². The normalized spacial score (nSPS) is 32.9. The van der Waals surface area contributed by atoms with Crippen LogP contribution in [-0.4, -0.2) is 55.7 Å². The van der Waals surface area contributed by atoms with E-state index < -0.39 is 37.1 Å². The molecule has 0 aliphatic carbocycles. The van der Waals surface area contributed by atoms with Crippen molar-refractivity contribution in [3.8, 4) is 0 Å². The van der Waals surface area contributed by atoms with Crippen molar-refractivity contribution in [2.75, 3.05) is 6.61 Å². The summed E-state index contributed by atoms with van der Waals surface area (Å²) in [6, 6.07) is 0. The molecule has 0 radical (unpaired) electrons. The molecule has 94 valence electrons. The maximum atomic E-state index is 10.8. The summed E-state index contributed by atoms with van der Waals surface area (Å²) in [7, 11) is 0. The molecule has 1 aliphatic rings. The third-order valence-electron chi connectivity index (χ3n) is 2.66. The molecule has 1 aromatic heterocycles. The molecule has 0 bridgehead atoms. The zero-order valence-corrected chi connectivity index (χ0v) is 8.80. The minimum absolute atomic E-state index is 0.0303. The van der Waals surface area contributed by atoms with Crippen molar-refractivity contribution < 1.29 is 24.9 Å². The van der Waals surface area contributed by atoms with E-state index >= 15 is 0 Å². The Morgan fingerprint density at radius 1 is 1.53 bits per heavy atom. The van der Waals surface area contributed by atoms with Gasteiger partial charge < -0.3 is 30.4 Å². The van der Waals surface area contributed by atoms with Crippen LogP contribution in [0.4, 0.5) is 0 Å². The first-order valence-corrected chi connectivity index (χ1v) is 5.00. The Morgan fingerprint density at radius 2 is 2.24 bits per heavy atom. The van der Waals surface area contributed by atoms with Gasteiger partial charge in [0.15, 0.2) is 6.23 Å². The summed E-state index contributed by atoms with van der Waals surface area (Å²) in [5.74, 6) is -0.699. The van der Waals surface area contributed by atoms with Crippen molar-refractivity contribution in [3.63, 3.8) is 0 Å². The zero-order chi connectivity index (χ0) is 12.6. The molecule has 1 amide bonds. The average Bonchev–Trinajstić information content (AvgIpc) is 2.87. The van der Waals surface area contributed by atoms with Gasteiger partial charge in [0.25, 0.3) is 5.91 Å². The highest BCUT2D eigenvalue weighted by Gasteiger charge is 2.43. The number of ether oxygens (including phenoxy) is 1. The molecule has 5 N–H and O–H groups in total. The molecule has 17 heavy (non-hydrogen) atoms. The van der Waals surface area contributed by atoms with Crippen molar-refractivity contribution in [2.24, 2.45) is 5.73 Å². The van der Waals surface area contributed by atoms with Gasteiger partial charge in [-0.3, -0.25) is 4.79 Å². The summed E-state index contributed by atoms with van der Waals surface area (Å²) in [4.78, 5) is 14.6. The quantitative estimate of drug-likeness (QED) is 0.468. The lowest BCUT2D eigenvalue weighted by Crippen LogP contribution is -2.33. The molecule has 2 rings (SSSR count). The summed E-state index contributed by atoms with van der Waals surface area (Å²) in [5.41, 5.74) is 5.06. The Labute approximate surface area is 96.3 Å². The Morgan fingerprint density at radius 3 is 2.71 bits per heavy atom. The maximum absolute atomic E-state index is 10.8. The molecular weight excluding hydrogens is 230 g/mol. The van der Waals surface area contributed by atoms with Crippen LogP contribution in [-0.2, 0) is 4.74 Å². The number of carbonyl (C=O) groups is 1. The standard InChI is InChI=1S/C9H13N3O5/c10-8(16)4-1-12(3-11-4)9-7(15)6(14)5(2-13)17-9/h1,3,5-7,9,13-15H,2H2,(H2,10,16)/t5-,6-,7-,9?/m1/s1. The number of carbonyl (C=O) groups excluding carboxylic acids is 1. The second-order valence-electron chi connectivity index (χ2n) is 3.80. The fourth-order valence-electron chi connectivity index (χ4n) is 1.73. The summed E-state index contributed by atoms with van der Waals surface area (Å²) in [6.45, 7) is -0.411.